The zero-order chi connectivity index (χ0) is 24.5. The Morgan fingerprint density at radius 3 is 2.33 bits per heavy atom. The lowest BCUT2D eigenvalue weighted by Crippen LogP contribution is -2.44. The molecule has 0 saturated carbocycles. The summed E-state index contributed by atoms with van der Waals surface area (Å²) in [6, 6.07) is 12.6. The maximum atomic E-state index is 12.8. The van der Waals surface area contributed by atoms with Crippen molar-refractivity contribution in [1.82, 2.24) is 4.90 Å². The van der Waals surface area contributed by atoms with Crippen LogP contribution < -0.4 is 9.47 Å². The average molecular weight is 483 g/mol. The number of hydrogen-bond donors (Lipinski definition) is 0. The first-order chi connectivity index (χ1) is 15.5. The van der Waals surface area contributed by atoms with Gasteiger partial charge < -0.3 is 14.2 Å². The first-order valence-electron chi connectivity index (χ1n) is 10.0. The fourth-order valence-corrected chi connectivity index (χ4v) is 3.09. The van der Waals surface area contributed by atoms with Crippen LogP contribution in [0.5, 0.6) is 11.5 Å². The third-order valence-electron chi connectivity index (χ3n) is 4.73. The first-order valence-corrected chi connectivity index (χ1v) is 10.0. The molecule has 0 fully saturated rings. The van der Waals surface area contributed by atoms with Gasteiger partial charge in [0.25, 0.3) is 0 Å². The minimum atomic E-state index is -4.78. The Labute approximate surface area is 186 Å². The number of halogens is 7. The third kappa shape index (κ3) is 9.47. The van der Waals surface area contributed by atoms with Crippen molar-refractivity contribution >= 4 is 0 Å². The van der Waals surface area contributed by atoms with Crippen molar-refractivity contribution < 1.29 is 44.9 Å². The summed E-state index contributed by atoms with van der Waals surface area (Å²) < 4.78 is 102. The predicted octanol–water partition coefficient (Wildman–Crippen LogP) is 6.25. The molecule has 0 saturated heterocycles. The summed E-state index contributed by atoms with van der Waals surface area (Å²) >= 11 is 0. The molecule has 0 radical (unpaired) electrons. The monoisotopic (exact) mass is 483 g/mol. The maximum absolute atomic E-state index is 12.8. The van der Waals surface area contributed by atoms with Crippen LogP contribution in [0.3, 0.4) is 0 Å². The molecule has 184 valence electrons. The van der Waals surface area contributed by atoms with Crippen molar-refractivity contribution in [2.24, 2.45) is 0 Å². The van der Waals surface area contributed by atoms with Crippen molar-refractivity contribution in [3.05, 3.63) is 59.7 Å². The molecule has 0 heterocycles. The lowest BCUT2D eigenvalue weighted by atomic mass is 10.0. The van der Waals surface area contributed by atoms with Gasteiger partial charge >= 0.3 is 12.7 Å². The van der Waals surface area contributed by atoms with Crippen LogP contribution in [0.2, 0.25) is 0 Å². The highest BCUT2D eigenvalue weighted by atomic mass is 19.4. The van der Waals surface area contributed by atoms with E-state index in [2.05, 4.69) is 9.47 Å². The van der Waals surface area contributed by atoms with Crippen molar-refractivity contribution in [3.8, 4) is 11.5 Å². The van der Waals surface area contributed by atoms with Crippen LogP contribution in [0.4, 0.5) is 30.7 Å². The second-order valence-electron chi connectivity index (χ2n) is 7.10. The summed E-state index contributed by atoms with van der Waals surface area (Å²) in [5.41, 5.74) is 1.41. The van der Waals surface area contributed by atoms with Crippen LogP contribution in [0.15, 0.2) is 48.5 Å². The number of alkyl halides is 7. The number of nitrogens with zero attached hydrogens (tertiary/aromatic N) is 1. The molecular formula is C22H24F7NO3. The maximum Gasteiger partial charge on any atom is 0.573 e. The van der Waals surface area contributed by atoms with Gasteiger partial charge in [0.2, 0.25) is 0 Å². The summed E-state index contributed by atoms with van der Waals surface area (Å²) in [5, 5.41) is 0. The molecule has 1 unspecified atom stereocenters. The Kier molecular flexibility index (Phi) is 9.78. The summed E-state index contributed by atoms with van der Waals surface area (Å²) in [6.07, 6.45) is -9.96. The van der Waals surface area contributed by atoms with Gasteiger partial charge in [0.15, 0.2) is 6.86 Å². The van der Waals surface area contributed by atoms with E-state index in [0.717, 1.165) is 12.6 Å². The van der Waals surface area contributed by atoms with E-state index in [9.17, 15) is 30.7 Å². The standard InChI is InChI=1S/C22H24F7NO3/c1-30(21(24,25)26)20(32-15-23)10-5-13-31-19-9-3-2-7-17(19)12-11-16-6-4-8-18(14-16)33-22(27,28)29/h2-4,6-9,14,20H,5,10-13,15H2,1H3. The summed E-state index contributed by atoms with van der Waals surface area (Å²) in [7, 11) is 0.783. The van der Waals surface area contributed by atoms with Crippen LogP contribution >= 0.6 is 0 Å². The number of para-hydroxylation sites is 1. The highest BCUT2D eigenvalue weighted by Crippen LogP contribution is 2.26. The van der Waals surface area contributed by atoms with Gasteiger partial charge in [0.05, 0.1) is 6.61 Å². The normalized spacial score (nSPS) is 13.2. The molecular weight excluding hydrogens is 459 g/mol. The first kappa shape index (κ1) is 26.7. The Morgan fingerprint density at radius 1 is 0.939 bits per heavy atom. The summed E-state index contributed by atoms with van der Waals surface area (Å²) in [4.78, 5) is -0.00283. The van der Waals surface area contributed by atoms with Crippen molar-refractivity contribution in [2.75, 3.05) is 20.5 Å². The molecule has 0 aromatic heterocycles. The molecule has 0 N–H and O–H groups in total. The number of benzene rings is 2. The minimum absolute atomic E-state index is 0.00283. The van der Waals surface area contributed by atoms with Gasteiger partial charge in [-0.2, -0.15) is 18.1 Å². The highest BCUT2D eigenvalue weighted by molar-refractivity contribution is 5.35. The van der Waals surface area contributed by atoms with E-state index in [0.29, 0.717) is 24.2 Å². The van der Waals surface area contributed by atoms with E-state index < -0.39 is 25.8 Å². The van der Waals surface area contributed by atoms with Crippen LogP contribution in [0.1, 0.15) is 24.0 Å². The van der Waals surface area contributed by atoms with E-state index in [1.807, 2.05) is 0 Å². The molecule has 2 aromatic rings. The highest BCUT2D eigenvalue weighted by Gasteiger charge is 2.39. The molecule has 2 aromatic carbocycles. The minimum Gasteiger partial charge on any atom is -0.493 e. The largest absolute Gasteiger partial charge is 0.573 e. The fourth-order valence-electron chi connectivity index (χ4n) is 3.09. The molecule has 0 aliphatic carbocycles. The molecule has 0 aliphatic heterocycles. The predicted molar refractivity (Wildman–Crippen MR) is 106 cm³/mol. The lowest BCUT2D eigenvalue weighted by Gasteiger charge is -2.28. The Bertz CT molecular complexity index is 858. The van der Waals surface area contributed by atoms with Crippen LogP contribution in [-0.4, -0.2) is 44.3 Å². The Morgan fingerprint density at radius 2 is 1.67 bits per heavy atom. The van der Waals surface area contributed by atoms with Gasteiger partial charge in [-0.15, -0.1) is 13.2 Å². The molecule has 33 heavy (non-hydrogen) atoms. The zero-order valence-corrected chi connectivity index (χ0v) is 17.8. The smallest absolute Gasteiger partial charge is 0.493 e. The van der Waals surface area contributed by atoms with Gasteiger partial charge in [-0.05, 0) is 62.1 Å². The second kappa shape index (κ2) is 12.1. The topological polar surface area (TPSA) is 30.9 Å². The number of hydrogen-bond acceptors (Lipinski definition) is 4. The van der Waals surface area contributed by atoms with Gasteiger partial charge in [-0.1, -0.05) is 30.3 Å². The quantitative estimate of drug-likeness (QED) is 0.155. The number of aryl methyl sites for hydroxylation is 2. The van der Waals surface area contributed by atoms with E-state index in [-0.39, 0.29) is 30.1 Å². The van der Waals surface area contributed by atoms with Gasteiger partial charge in [0.1, 0.15) is 17.7 Å². The zero-order valence-electron chi connectivity index (χ0n) is 17.8. The van der Waals surface area contributed by atoms with Gasteiger partial charge in [-0.25, -0.2) is 4.39 Å². The molecule has 4 nitrogen and oxygen atoms in total. The molecule has 0 spiro atoms. The van der Waals surface area contributed by atoms with Gasteiger partial charge in [0, 0.05) is 0 Å². The summed E-state index contributed by atoms with van der Waals surface area (Å²) in [6.45, 7) is -1.27. The van der Waals surface area contributed by atoms with Crippen molar-refractivity contribution in [1.29, 1.82) is 0 Å². The van der Waals surface area contributed by atoms with Crippen molar-refractivity contribution in [3.63, 3.8) is 0 Å². The Hall–Kier alpha value is -2.53. The molecule has 0 aliphatic rings. The number of rotatable bonds is 12. The van der Waals surface area contributed by atoms with Crippen LogP contribution in [-0.2, 0) is 17.6 Å². The van der Waals surface area contributed by atoms with Gasteiger partial charge in [-0.3, -0.25) is 0 Å². The van der Waals surface area contributed by atoms with Crippen LogP contribution in [0.25, 0.3) is 0 Å². The Balaban J connectivity index is 1.91. The van der Waals surface area contributed by atoms with E-state index in [1.54, 1.807) is 30.3 Å². The molecule has 2 rings (SSSR count). The van der Waals surface area contributed by atoms with E-state index >= 15 is 0 Å². The average Bonchev–Trinajstić information content (AvgIpc) is 2.73. The summed E-state index contributed by atoms with van der Waals surface area (Å²) in [5.74, 6) is 0.200. The second-order valence-corrected chi connectivity index (χ2v) is 7.10. The molecule has 0 amide bonds. The van der Waals surface area contributed by atoms with E-state index in [1.165, 1.54) is 18.2 Å². The number of ether oxygens (including phenoxy) is 3. The van der Waals surface area contributed by atoms with E-state index in [4.69, 9.17) is 4.74 Å². The molecule has 11 heteroatoms. The van der Waals surface area contributed by atoms with Crippen LogP contribution in [0, 0.1) is 0 Å². The SMILES string of the molecule is CN(C(CCCOc1ccccc1CCc1cccc(OC(F)(F)F)c1)OCF)C(F)(F)F. The lowest BCUT2D eigenvalue weighted by molar-refractivity contribution is -0.287. The molecule has 0 bridgehead atoms. The fraction of sp³-hybridized carbons (Fsp3) is 0.455. The molecule has 1 atom stereocenters. The third-order valence-corrected chi connectivity index (χ3v) is 4.73. The van der Waals surface area contributed by atoms with Crippen molar-refractivity contribution in [2.45, 2.75) is 44.6 Å².